The Morgan fingerprint density at radius 3 is 2.47 bits per heavy atom. The van der Waals surface area contributed by atoms with E-state index in [9.17, 15) is 0 Å². The normalized spacial score (nSPS) is 17.7. The minimum atomic E-state index is -0.0761. The van der Waals surface area contributed by atoms with Crippen LogP contribution in [-0.4, -0.2) is 39.7 Å². The average molecular weight is 266 g/mol. The molecule has 0 fully saturated rings. The SMILES string of the molecule is COc1ccc(C2=NO[C@@H](CN)C2)c(OC)c1OC. The second kappa shape index (κ2) is 5.79. The molecule has 0 spiro atoms. The lowest BCUT2D eigenvalue weighted by atomic mass is 10.0. The standard InChI is InChI=1S/C13H18N2O4/c1-16-11-5-4-9(12(17-2)13(11)18-3)10-6-8(7-14)19-15-10/h4-5,8H,6-7,14H2,1-3H3/t8-/m1/s1. The molecule has 2 N–H and O–H groups in total. The van der Waals surface area contributed by atoms with Gasteiger partial charge in [-0.15, -0.1) is 0 Å². The van der Waals surface area contributed by atoms with Crippen molar-refractivity contribution >= 4 is 5.71 Å². The van der Waals surface area contributed by atoms with E-state index >= 15 is 0 Å². The Kier molecular flexibility index (Phi) is 4.11. The van der Waals surface area contributed by atoms with Crippen molar-refractivity contribution in [3.63, 3.8) is 0 Å². The molecular formula is C13H18N2O4. The molecule has 104 valence electrons. The fraction of sp³-hybridized carbons (Fsp3) is 0.462. The minimum absolute atomic E-state index is 0.0761. The van der Waals surface area contributed by atoms with Gasteiger partial charge in [0, 0.05) is 18.5 Å². The van der Waals surface area contributed by atoms with Crippen LogP contribution in [0.15, 0.2) is 17.3 Å². The van der Waals surface area contributed by atoms with Crippen LogP contribution in [0.25, 0.3) is 0 Å². The number of benzene rings is 1. The van der Waals surface area contributed by atoms with Gasteiger partial charge in [-0.05, 0) is 12.1 Å². The third-order valence-electron chi connectivity index (χ3n) is 3.01. The summed E-state index contributed by atoms with van der Waals surface area (Å²) in [5.41, 5.74) is 7.20. The number of hydrogen-bond donors (Lipinski definition) is 1. The fourth-order valence-corrected chi connectivity index (χ4v) is 2.04. The van der Waals surface area contributed by atoms with E-state index in [0.29, 0.717) is 30.2 Å². The zero-order chi connectivity index (χ0) is 13.8. The molecule has 19 heavy (non-hydrogen) atoms. The van der Waals surface area contributed by atoms with Gasteiger partial charge in [-0.2, -0.15) is 0 Å². The van der Waals surface area contributed by atoms with E-state index in [-0.39, 0.29) is 6.10 Å². The van der Waals surface area contributed by atoms with Crippen molar-refractivity contribution in [3.8, 4) is 17.2 Å². The highest BCUT2D eigenvalue weighted by Crippen LogP contribution is 2.40. The summed E-state index contributed by atoms with van der Waals surface area (Å²) >= 11 is 0. The lowest BCUT2D eigenvalue weighted by molar-refractivity contribution is 0.0918. The lowest BCUT2D eigenvalue weighted by Crippen LogP contribution is -2.20. The highest BCUT2D eigenvalue weighted by Gasteiger charge is 2.26. The number of methoxy groups -OCH3 is 3. The molecule has 1 aromatic carbocycles. The van der Waals surface area contributed by atoms with Gasteiger partial charge in [-0.1, -0.05) is 5.16 Å². The van der Waals surface area contributed by atoms with E-state index < -0.39 is 0 Å². The van der Waals surface area contributed by atoms with Gasteiger partial charge in [0.25, 0.3) is 0 Å². The van der Waals surface area contributed by atoms with Gasteiger partial charge in [0.15, 0.2) is 11.5 Å². The molecule has 1 aromatic rings. The van der Waals surface area contributed by atoms with Crippen LogP contribution in [0.3, 0.4) is 0 Å². The average Bonchev–Trinajstić information content (AvgIpc) is 2.94. The summed E-state index contributed by atoms with van der Waals surface area (Å²) in [5.74, 6) is 1.74. The summed E-state index contributed by atoms with van der Waals surface area (Å²) in [6.45, 7) is 0.433. The monoisotopic (exact) mass is 266 g/mol. The van der Waals surface area contributed by atoms with Crippen LogP contribution in [0, 0.1) is 0 Å². The molecule has 0 bridgehead atoms. The Bertz CT molecular complexity index is 488. The Balaban J connectivity index is 2.41. The smallest absolute Gasteiger partial charge is 0.203 e. The molecular weight excluding hydrogens is 248 g/mol. The van der Waals surface area contributed by atoms with Crippen molar-refractivity contribution in [2.45, 2.75) is 12.5 Å². The molecule has 1 aliphatic heterocycles. The molecule has 6 nitrogen and oxygen atoms in total. The summed E-state index contributed by atoms with van der Waals surface area (Å²) in [5, 5.41) is 4.06. The Hall–Kier alpha value is -1.95. The van der Waals surface area contributed by atoms with Crippen molar-refractivity contribution in [3.05, 3.63) is 17.7 Å². The van der Waals surface area contributed by atoms with Gasteiger partial charge in [0.1, 0.15) is 6.10 Å². The van der Waals surface area contributed by atoms with E-state index in [1.165, 1.54) is 0 Å². The van der Waals surface area contributed by atoms with E-state index in [0.717, 1.165) is 11.3 Å². The third-order valence-corrected chi connectivity index (χ3v) is 3.01. The molecule has 0 amide bonds. The molecule has 1 heterocycles. The van der Waals surface area contributed by atoms with Gasteiger partial charge < -0.3 is 24.8 Å². The van der Waals surface area contributed by atoms with Crippen LogP contribution in [0.5, 0.6) is 17.2 Å². The first kappa shape index (κ1) is 13.5. The first-order chi connectivity index (χ1) is 9.24. The Morgan fingerprint density at radius 1 is 1.21 bits per heavy atom. The maximum absolute atomic E-state index is 5.57. The predicted molar refractivity (Wildman–Crippen MR) is 71.2 cm³/mol. The molecule has 0 unspecified atom stereocenters. The van der Waals surface area contributed by atoms with Gasteiger partial charge in [0.2, 0.25) is 5.75 Å². The van der Waals surface area contributed by atoms with Crippen LogP contribution in [0.4, 0.5) is 0 Å². The summed E-state index contributed by atoms with van der Waals surface area (Å²) in [4.78, 5) is 5.23. The van der Waals surface area contributed by atoms with Crippen molar-refractivity contribution in [1.29, 1.82) is 0 Å². The quantitative estimate of drug-likeness (QED) is 0.865. The molecule has 1 atom stereocenters. The summed E-state index contributed by atoms with van der Waals surface area (Å²) < 4.78 is 16.0. The highest BCUT2D eigenvalue weighted by molar-refractivity contribution is 6.04. The van der Waals surface area contributed by atoms with Crippen LogP contribution >= 0.6 is 0 Å². The maximum atomic E-state index is 5.57. The summed E-state index contributed by atoms with van der Waals surface area (Å²) in [6.07, 6.45) is 0.579. The van der Waals surface area contributed by atoms with Crippen LogP contribution in [0.1, 0.15) is 12.0 Å². The topological polar surface area (TPSA) is 75.3 Å². The van der Waals surface area contributed by atoms with Crippen LogP contribution < -0.4 is 19.9 Å². The van der Waals surface area contributed by atoms with Crippen molar-refractivity contribution < 1.29 is 19.0 Å². The van der Waals surface area contributed by atoms with E-state index in [2.05, 4.69) is 5.16 Å². The summed E-state index contributed by atoms with van der Waals surface area (Å²) in [7, 11) is 4.73. The van der Waals surface area contributed by atoms with Crippen molar-refractivity contribution in [2.75, 3.05) is 27.9 Å². The van der Waals surface area contributed by atoms with Gasteiger partial charge in [0.05, 0.1) is 27.0 Å². The minimum Gasteiger partial charge on any atom is -0.493 e. The van der Waals surface area contributed by atoms with Gasteiger partial charge >= 0.3 is 0 Å². The Morgan fingerprint density at radius 2 is 1.95 bits per heavy atom. The van der Waals surface area contributed by atoms with Crippen LogP contribution in [-0.2, 0) is 4.84 Å². The Labute approximate surface area is 112 Å². The molecule has 0 saturated carbocycles. The maximum Gasteiger partial charge on any atom is 0.203 e. The number of ether oxygens (including phenoxy) is 3. The van der Waals surface area contributed by atoms with Crippen LogP contribution in [0.2, 0.25) is 0 Å². The van der Waals surface area contributed by atoms with Crippen molar-refractivity contribution in [2.24, 2.45) is 10.9 Å². The molecule has 0 saturated heterocycles. The van der Waals surface area contributed by atoms with Gasteiger partial charge in [-0.25, -0.2) is 0 Å². The number of oxime groups is 1. The molecule has 1 aliphatic rings. The first-order valence-corrected chi connectivity index (χ1v) is 5.97. The second-order valence-corrected chi connectivity index (χ2v) is 4.09. The predicted octanol–water partition coefficient (Wildman–Crippen LogP) is 1.16. The zero-order valence-corrected chi connectivity index (χ0v) is 11.3. The molecule has 0 aromatic heterocycles. The van der Waals surface area contributed by atoms with E-state index in [1.807, 2.05) is 12.1 Å². The first-order valence-electron chi connectivity index (χ1n) is 5.97. The molecule has 0 radical (unpaired) electrons. The number of nitrogens with two attached hydrogens (primary N) is 1. The van der Waals surface area contributed by atoms with Crippen molar-refractivity contribution in [1.82, 2.24) is 0 Å². The molecule has 2 rings (SSSR count). The van der Waals surface area contributed by atoms with E-state index in [1.54, 1.807) is 21.3 Å². The third kappa shape index (κ3) is 2.44. The number of rotatable bonds is 5. The lowest BCUT2D eigenvalue weighted by Gasteiger charge is -2.15. The second-order valence-electron chi connectivity index (χ2n) is 4.09. The largest absolute Gasteiger partial charge is 0.493 e. The highest BCUT2D eigenvalue weighted by atomic mass is 16.6. The summed E-state index contributed by atoms with van der Waals surface area (Å²) in [6, 6.07) is 3.69. The molecule has 6 heteroatoms. The zero-order valence-electron chi connectivity index (χ0n) is 11.3. The van der Waals surface area contributed by atoms with Gasteiger partial charge in [-0.3, -0.25) is 0 Å². The number of hydrogen-bond acceptors (Lipinski definition) is 6. The molecule has 0 aliphatic carbocycles. The van der Waals surface area contributed by atoms with E-state index in [4.69, 9.17) is 24.8 Å². The number of nitrogens with zero attached hydrogens (tertiary/aromatic N) is 1. The fourth-order valence-electron chi connectivity index (χ4n) is 2.04.